The number of hydrogen-bond acceptors (Lipinski definition) is 2. The van der Waals surface area contributed by atoms with Crippen LogP contribution in [0, 0.1) is 0 Å². The zero-order valence-electron chi connectivity index (χ0n) is 11.2. The Labute approximate surface area is 137 Å². The summed E-state index contributed by atoms with van der Waals surface area (Å²) in [7, 11) is 0. The fourth-order valence-corrected chi connectivity index (χ4v) is 4.73. The highest BCUT2D eigenvalue weighted by atomic mass is 79.9. The summed E-state index contributed by atoms with van der Waals surface area (Å²) >= 11 is 11.6. The molecule has 0 bridgehead atoms. The molecule has 1 aliphatic carbocycles. The van der Waals surface area contributed by atoms with Crippen molar-refractivity contribution in [2.24, 2.45) is 5.73 Å². The number of thiophene rings is 1. The number of fused-ring (bicyclic) bond motifs is 1. The van der Waals surface area contributed by atoms with E-state index in [0.29, 0.717) is 0 Å². The second kappa shape index (κ2) is 6.18. The lowest BCUT2D eigenvalue weighted by atomic mass is 9.98. The van der Waals surface area contributed by atoms with Crippen molar-refractivity contribution in [2.75, 3.05) is 0 Å². The molecule has 0 radical (unpaired) electrons. The summed E-state index contributed by atoms with van der Waals surface area (Å²) in [6, 6.07) is 8.37. The van der Waals surface area contributed by atoms with Crippen LogP contribution >= 0.6 is 38.9 Å². The molecule has 3 rings (SSSR count). The monoisotopic (exact) mass is 369 g/mol. The van der Waals surface area contributed by atoms with Crippen LogP contribution in [-0.4, -0.2) is 0 Å². The molecular formula is C16H17BrClNS. The van der Waals surface area contributed by atoms with Gasteiger partial charge in [0.25, 0.3) is 0 Å². The summed E-state index contributed by atoms with van der Waals surface area (Å²) in [5, 5.41) is 0.788. The predicted molar refractivity (Wildman–Crippen MR) is 90.7 cm³/mol. The maximum atomic E-state index is 6.39. The van der Waals surface area contributed by atoms with E-state index in [4.69, 9.17) is 17.3 Å². The van der Waals surface area contributed by atoms with Gasteiger partial charge in [-0.05, 0) is 61.4 Å². The molecule has 2 aromatic rings. The second-order valence-corrected chi connectivity index (χ2v) is 7.84. The SMILES string of the molecule is NC(Cc1ccc(Br)cc1Cl)c1cc2c(s1)CCCC2. The van der Waals surface area contributed by atoms with Crippen molar-refractivity contribution in [1.29, 1.82) is 0 Å². The van der Waals surface area contributed by atoms with Gasteiger partial charge < -0.3 is 5.73 Å². The van der Waals surface area contributed by atoms with Gasteiger partial charge in [0.05, 0.1) is 0 Å². The van der Waals surface area contributed by atoms with E-state index in [1.165, 1.54) is 36.1 Å². The Morgan fingerprint density at radius 2 is 2.05 bits per heavy atom. The average molecular weight is 371 g/mol. The first-order valence-corrected chi connectivity index (χ1v) is 8.93. The van der Waals surface area contributed by atoms with Crippen LogP contribution < -0.4 is 5.73 Å². The van der Waals surface area contributed by atoms with E-state index in [-0.39, 0.29) is 6.04 Å². The number of nitrogens with two attached hydrogens (primary N) is 1. The average Bonchev–Trinajstić information content (AvgIpc) is 2.86. The van der Waals surface area contributed by atoms with Gasteiger partial charge in [0.1, 0.15) is 0 Å². The largest absolute Gasteiger partial charge is 0.323 e. The van der Waals surface area contributed by atoms with Crippen LogP contribution in [0.1, 0.15) is 39.8 Å². The lowest BCUT2D eigenvalue weighted by Gasteiger charge is -2.11. The third-order valence-corrected chi connectivity index (χ3v) is 6.05. The molecule has 1 aliphatic rings. The Balaban J connectivity index is 1.78. The number of hydrogen-bond donors (Lipinski definition) is 1. The quantitative estimate of drug-likeness (QED) is 0.781. The lowest BCUT2D eigenvalue weighted by Crippen LogP contribution is -2.12. The topological polar surface area (TPSA) is 26.0 Å². The molecule has 0 aliphatic heterocycles. The van der Waals surface area contributed by atoms with Crippen molar-refractivity contribution in [2.45, 2.75) is 38.1 Å². The Morgan fingerprint density at radius 1 is 1.25 bits per heavy atom. The minimum absolute atomic E-state index is 0.0456. The minimum Gasteiger partial charge on any atom is -0.323 e. The van der Waals surface area contributed by atoms with Crippen LogP contribution in [0.2, 0.25) is 5.02 Å². The molecular weight excluding hydrogens is 354 g/mol. The molecule has 0 saturated carbocycles. The van der Waals surface area contributed by atoms with Crippen LogP contribution in [0.4, 0.5) is 0 Å². The van der Waals surface area contributed by atoms with E-state index < -0.39 is 0 Å². The zero-order valence-corrected chi connectivity index (χ0v) is 14.3. The molecule has 1 atom stereocenters. The lowest BCUT2D eigenvalue weighted by molar-refractivity contribution is 0.695. The van der Waals surface area contributed by atoms with E-state index in [9.17, 15) is 0 Å². The Hall–Kier alpha value is -0.350. The van der Waals surface area contributed by atoms with Crippen LogP contribution in [0.5, 0.6) is 0 Å². The number of aryl methyl sites for hydroxylation is 2. The summed E-state index contributed by atoms with van der Waals surface area (Å²) in [6.07, 6.45) is 5.88. The molecule has 106 valence electrons. The van der Waals surface area contributed by atoms with Crippen molar-refractivity contribution in [3.05, 3.63) is 54.6 Å². The van der Waals surface area contributed by atoms with Gasteiger partial charge >= 0.3 is 0 Å². The predicted octanol–water partition coefficient (Wildman–Crippen LogP) is 5.29. The van der Waals surface area contributed by atoms with Crippen LogP contribution in [0.15, 0.2) is 28.7 Å². The van der Waals surface area contributed by atoms with Crippen molar-refractivity contribution in [3.63, 3.8) is 0 Å². The van der Waals surface area contributed by atoms with Gasteiger partial charge in [0.2, 0.25) is 0 Å². The van der Waals surface area contributed by atoms with Crippen LogP contribution in [0.3, 0.4) is 0 Å². The highest BCUT2D eigenvalue weighted by Gasteiger charge is 2.17. The van der Waals surface area contributed by atoms with Crippen molar-refractivity contribution < 1.29 is 0 Å². The summed E-state index contributed by atoms with van der Waals surface area (Å²) in [4.78, 5) is 2.85. The smallest absolute Gasteiger partial charge is 0.0449 e. The first-order chi connectivity index (χ1) is 9.63. The molecule has 0 spiro atoms. The molecule has 0 fully saturated rings. The Kier molecular flexibility index (Phi) is 4.51. The number of rotatable bonds is 3. The van der Waals surface area contributed by atoms with Crippen LogP contribution in [-0.2, 0) is 19.3 Å². The Bertz CT molecular complexity index is 599. The fourth-order valence-electron chi connectivity index (χ4n) is 2.72. The third-order valence-electron chi connectivity index (χ3n) is 3.84. The second-order valence-electron chi connectivity index (χ2n) is 5.35. The molecule has 1 heterocycles. The normalized spacial score (nSPS) is 15.9. The van der Waals surface area contributed by atoms with E-state index in [1.807, 2.05) is 23.5 Å². The summed E-state index contributed by atoms with van der Waals surface area (Å²) in [5.74, 6) is 0. The summed E-state index contributed by atoms with van der Waals surface area (Å²) in [6.45, 7) is 0. The van der Waals surface area contributed by atoms with Gasteiger partial charge in [-0.25, -0.2) is 0 Å². The highest BCUT2D eigenvalue weighted by Crippen LogP contribution is 2.34. The van der Waals surface area contributed by atoms with E-state index in [2.05, 4.69) is 28.1 Å². The molecule has 1 unspecified atom stereocenters. The van der Waals surface area contributed by atoms with Gasteiger partial charge in [-0.1, -0.05) is 33.6 Å². The molecule has 0 amide bonds. The molecule has 4 heteroatoms. The first-order valence-electron chi connectivity index (χ1n) is 6.94. The van der Waals surface area contributed by atoms with E-state index in [0.717, 1.165) is 21.5 Å². The van der Waals surface area contributed by atoms with Crippen LogP contribution in [0.25, 0.3) is 0 Å². The Morgan fingerprint density at radius 3 is 2.80 bits per heavy atom. The minimum atomic E-state index is 0.0456. The van der Waals surface area contributed by atoms with Crippen molar-refractivity contribution in [1.82, 2.24) is 0 Å². The van der Waals surface area contributed by atoms with E-state index in [1.54, 1.807) is 4.88 Å². The number of halogens is 2. The molecule has 20 heavy (non-hydrogen) atoms. The summed E-state index contributed by atoms with van der Waals surface area (Å²) < 4.78 is 1.01. The summed E-state index contributed by atoms with van der Waals surface area (Å²) in [5.41, 5.74) is 9.03. The van der Waals surface area contributed by atoms with Gasteiger partial charge in [0.15, 0.2) is 0 Å². The van der Waals surface area contributed by atoms with Gasteiger partial charge in [0, 0.05) is 25.3 Å². The van der Waals surface area contributed by atoms with Gasteiger partial charge in [-0.2, -0.15) is 0 Å². The molecule has 2 N–H and O–H groups in total. The third kappa shape index (κ3) is 3.11. The highest BCUT2D eigenvalue weighted by molar-refractivity contribution is 9.10. The maximum Gasteiger partial charge on any atom is 0.0449 e. The van der Waals surface area contributed by atoms with Crippen molar-refractivity contribution >= 4 is 38.9 Å². The van der Waals surface area contributed by atoms with E-state index >= 15 is 0 Å². The maximum absolute atomic E-state index is 6.39. The first kappa shape index (κ1) is 14.6. The molecule has 1 aromatic carbocycles. The standard InChI is InChI=1S/C16H17BrClNS/c17-12-6-5-10(13(18)9-12)7-14(19)16-8-11-3-1-2-4-15(11)20-16/h5-6,8-9,14H,1-4,7,19H2. The number of benzene rings is 1. The zero-order chi connectivity index (χ0) is 14.1. The molecule has 1 aromatic heterocycles. The molecule has 0 saturated heterocycles. The fraction of sp³-hybridized carbons (Fsp3) is 0.375. The van der Waals surface area contributed by atoms with Gasteiger partial charge in [-0.3, -0.25) is 0 Å². The van der Waals surface area contributed by atoms with Gasteiger partial charge in [-0.15, -0.1) is 11.3 Å². The molecule has 1 nitrogen and oxygen atoms in total. The van der Waals surface area contributed by atoms with Crippen molar-refractivity contribution in [3.8, 4) is 0 Å².